The second kappa shape index (κ2) is 6.07. The van der Waals surface area contributed by atoms with Crippen molar-refractivity contribution in [3.05, 3.63) is 29.3 Å². The van der Waals surface area contributed by atoms with Crippen LogP contribution in [-0.4, -0.2) is 50.1 Å². The van der Waals surface area contributed by atoms with Gasteiger partial charge in [-0.25, -0.2) is 0 Å². The highest BCUT2D eigenvalue weighted by Gasteiger charge is 2.40. The zero-order valence-corrected chi connectivity index (χ0v) is 12.9. The molecule has 0 aromatic heterocycles. The van der Waals surface area contributed by atoms with E-state index in [0.717, 1.165) is 12.8 Å². The molecular weight excluding hydrogens is 280 g/mol. The Morgan fingerprint density at radius 2 is 2.05 bits per heavy atom. The van der Waals surface area contributed by atoms with E-state index >= 15 is 0 Å². The maximum atomic E-state index is 12.9. The van der Waals surface area contributed by atoms with E-state index in [2.05, 4.69) is 18.0 Å². The number of carbonyl (C=O) groups excluding carboxylic acids is 1. The summed E-state index contributed by atoms with van der Waals surface area (Å²) < 4.78 is 10.8. The standard InChI is InChI=1S/C17H20N2O3/c1-19-12-6-11(7-13(19)10-22-9-12)17(20)14-4-3-5-16(21-2)15(14)8-18/h3-5,11-13H,6-7,9-10H2,1-2H3. The van der Waals surface area contributed by atoms with Gasteiger partial charge < -0.3 is 9.47 Å². The minimum Gasteiger partial charge on any atom is -0.495 e. The van der Waals surface area contributed by atoms with Crippen molar-refractivity contribution in [1.82, 2.24) is 4.90 Å². The van der Waals surface area contributed by atoms with Crippen LogP contribution >= 0.6 is 0 Å². The van der Waals surface area contributed by atoms with E-state index < -0.39 is 0 Å². The Morgan fingerprint density at radius 1 is 1.36 bits per heavy atom. The number of piperidine rings is 1. The van der Waals surface area contributed by atoms with Gasteiger partial charge >= 0.3 is 0 Å². The summed E-state index contributed by atoms with van der Waals surface area (Å²) in [6.45, 7) is 1.36. The number of benzene rings is 1. The van der Waals surface area contributed by atoms with E-state index in [9.17, 15) is 10.1 Å². The fourth-order valence-electron chi connectivity index (χ4n) is 3.55. The third-order valence-electron chi connectivity index (χ3n) is 4.88. The van der Waals surface area contributed by atoms with Gasteiger partial charge in [-0.05, 0) is 32.0 Å². The number of hydrogen-bond acceptors (Lipinski definition) is 5. The summed E-state index contributed by atoms with van der Waals surface area (Å²) in [4.78, 5) is 15.2. The summed E-state index contributed by atoms with van der Waals surface area (Å²) in [6.07, 6.45) is 1.57. The van der Waals surface area contributed by atoms with Crippen molar-refractivity contribution in [2.24, 2.45) is 5.92 Å². The number of morpholine rings is 1. The molecule has 0 spiro atoms. The van der Waals surface area contributed by atoms with Gasteiger partial charge in [-0.3, -0.25) is 9.69 Å². The van der Waals surface area contributed by atoms with E-state index in [1.807, 2.05) is 0 Å². The third kappa shape index (κ3) is 2.49. The number of Topliss-reactive ketones (excluding diaryl/α,β-unsaturated/α-hetero) is 1. The van der Waals surface area contributed by atoms with Crippen LogP contribution in [0.2, 0.25) is 0 Å². The maximum absolute atomic E-state index is 12.9. The number of nitriles is 1. The fraction of sp³-hybridized carbons (Fsp3) is 0.529. The molecule has 2 fully saturated rings. The quantitative estimate of drug-likeness (QED) is 0.797. The van der Waals surface area contributed by atoms with Crippen LogP contribution in [0.15, 0.2) is 18.2 Å². The molecule has 0 radical (unpaired) electrons. The summed E-state index contributed by atoms with van der Waals surface area (Å²) in [5.74, 6) is 0.472. The number of likely N-dealkylation sites (N-methyl/N-ethyl adjacent to an activating group) is 1. The van der Waals surface area contributed by atoms with Gasteiger partial charge in [0.2, 0.25) is 0 Å². The van der Waals surface area contributed by atoms with Crippen LogP contribution in [0.4, 0.5) is 0 Å². The van der Waals surface area contributed by atoms with Gasteiger partial charge in [0, 0.05) is 23.6 Å². The Kier molecular flexibility index (Phi) is 4.14. The minimum atomic E-state index is -0.0469. The lowest BCUT2D eigenvalue weighted by atomic mass is 9.80. The Hall–Kier alpha value is -1.90. The van der Waals surface area contributed by atoms with E-state index in [0.29, 0.717) is 30.1 Å². The number of fused-ring (bicyclic) bond motifs is 2. The number of ketones is 1. The topological polar surface area (TPSA) is 62.6 Å². The van der Waals surface area contributed by atoms with Crippen molar-refractivity contribution in [1.29, 1.82) is 5.26 Å². The van der Waals surface area contributed by atoms with Crippen LogP contribution in [0, 0.1) is 17.2 Å². The van der Waals surface area contributed by atoms with Gasteiger partial charge in [-0.2, -0.15) is 5.26 Å². The first-order valence-corrected chi connectivity index (χ1v) is 7.56. The molecule has 5 heteroatoms. The van der Waals surface area contributed by atoms with Crippen LogP contribution in [0.1, 0.15) is 28.8 Å². The van der Waals surface area contributed by atoms with Crippen molar-refractivity contribution < 1.29 is 14.3 Å². The van der Waals surface area contributed by atoms with Gasteiger partial charge in [0.25, 0.3) is 0 Å². The first-order chi connectivity index (χ1) is 10.7. The maximum Gasteiger partial charge on any atom is 0.167 e. The number of nitrogens with zero attached hydrogens (tertiary/aromatic N) is 2. The first-order valence-electron chi connectivity index (χ1n) is 7.56. The van der Waals surface area contributed by atoms with E-state index in [4.69, 9.17) is 9.47 Å². The Balaban J connectivity index is 1.88. The van der Waals surface area contributed by atoms with E-state index in [-0.39, 0.29) is 23.8 Å². The molecule has 2 heterocycles. The number of rotatable bonds is 3. The van der Waals surface area contributed by atoms with Crippen LogP contribution in [0.5, 0.6) is 5.75 Å². The van der Waals surface area contributed by atoms with Gasteiger partial charge in [0.15, 0.2) is 5.78 Å². The first kappa shape index (κ1) is 15.0. The van der Waals surface area contributed by atoms with E-state index in [1.54, 1.807) is 18.2 Å². The average molecular weight is 300 g/mol. The molecule has 1 aromatic rings. The molecule has 2 atom stereocenters. The molecule has 0 saturated carbocycles. The molecular formula is C17H20N2O3. The summed E-state index contributed by atoms with van der Waals surface area (Å²) >= 11 is 0. The normalized spacial score (nSPS) is 28.0. The summed E-state index contributed by atoms with van der Waals surface area (Å²) in [5.41, 5.74) is 0.825. The van der Waals surface area contributed by atoms with Crippen LogP contribution in [0.25, 0.3) is 0 Å². The highest BCUT2D eigenvalue weighted by atomic mass is 16.5. The Morgan fingerprint density at radius 3 is 2.64 bits per heavy atom. The molecule has 22 heavy (non-hydrogen) atoms. The molecule has 1 aromatic carbocycles. The van der Waals surface area contributed by atoms with Gasteiger partial charge in [-0.15, -0.1) is 0 Å². The monoisotopic (exact) mass is 300 g/mol. The molecule has 5 nitrogen and oxygen atoms in total. The largest absolute Gasteiger partial charge is 0.495 e. The molecule has 3 rings (SSSR count). The molecule has 116 valence electrons. The molecule has 2 aliphatic rings. The number of ether oxygens (including phenoxy) is 2. The summed E-state index contributed by atoms with van der Waals surface area (Å²) in [7, 11) is 3.62. The lowest BCUT2D eigenvalue weighted by Crippen LogP contribution is -2.55. The molecule has 0 amide bonds. The fourth-order valence-corrected chi connectivity index (χ4v) is 3.55. The number of hydrogen-bond donors (Lipinski definition) is 0. The predicted molar refractivity (Wildman–Crippen MR) is 80.9 cm³/mol. The van der Waals surface area contributed by atoms with Crippen LogP contribution in [-0.2, 0) is 4.74 Å². The third-order valence-corrected chi connectivity index (χ3v) is 4.88. The number of carbonyl (C=O) groups is 1. The number of methoxy groups -OCH3 is 1. The molecule has 0 aliphatic carbocycles. The van der Waals surface area contributed by atoms with Crippen molar-refractivity contribution >= 4 is 5.78 Å². The molecule has 2 bridgehead atoms. The lowest BCUT2D eigenvalue weighted by molar-refractivity contribution is -0.0702. The molecule has 2 saturated heterocycles. The summed E-state index contributed by atoms with van der Waals surface area (Å²) in [6, 6.07) is 7.91. The Bertz CT molecular complexity index is 609. The van der Waals surface area contributed by atoms with Crippen molar-refractivity contribution in [3.8, 4) is 11.8 Å². The molecule has 2 aliphatic heterocycles. The predicted octanol–water partition coefficient (Wildman–Crippen LogP) is 1.86. The highest BCUT2D eigenvalue weighted by molar-refractivity contribution is 6.00. The van der Waals surface area contributed by atoms with E-state index in [1.165, 1.54) is 7.11 Å². The van der Waals surface area contributed by atoms with Gasteiger partial charge in [-0.1, -0.05) is 6.07 Å². The van der Waals surface area contributed by atoms with Crippen LogP contribution in [0.3, 0.4) is 0 Å². The van der Waals surface area contributed by atoms with Crippen molar-refractivity contribution in [2.45, 2.75) is 24.9 Å². The lowest BCUT2D eigenvalue weighted by Gasteiger charge is -2.46. The molecule has 2 unspecified atom stereocenters. The zero-order chi connectivity index (χ0) is 15.7. The van der Waals surface area contributed by atoms with Gasteiger partial charge in [0.05, 0.1) is 20.3 Å². The smallest absolute Gasteiger partial charge is 0.167 e. The van der Waals surface area contributed by atoms with Gasteiger partial charge in [0.1, 0.15) is 17.4 Å². The highest BCUT2D eigenvalue weighted by Crippen LogP contribution is 2.34. The zero-order valence-electron chi connectivity index (χ0n) is 12.9. The minimum absolute atomic E-state index is 0.0469. The SMILES string of the molecule is COc1cccc(C(=O)C2CC3COCC(C2)N3C)c1C#N. The molecule has 0 N–H and O–H groups in total. The second-order valence-corrected chi connectivity index (χ2v) is 6.04. The second-order valence-electron chi connectivity index (χ2n) is 6.04. The van der Waals surface area contributed by atoms with Crippen molar-refractivity contribution in [3.63, 3.8) is 0 Å². The van der Waals surface area contributed by atoms with Crippen LogP contribution < -0.4 is 4.74 Å². The Labute approximate surface area is 130 Å². The summed E-state index contributed by atoms with van der Waals surface area (Å²) in [5, 5.41) is 9.37. The van der Waals surface area contributed by atoms with Crippen molar-refractivity contribution in [2.75, 3.05) is 27.4 Å². The average Bonchev–Trinajstić information content (AvgIpc) is 2.53.